The van der Waals surface area contributed by atoms with Crippen LogP contribution in [-0.2, 0) is 11.2 Å². The van der Waals surface area contributed by atoms with Crippen LogP contribution in [0.5, 0.6) is 11.5 Å². The van der Waals surface area contributed by atoms with Gasteiger partial charge in [-0.1, -0.05) is 29.8 Å². The van der Waals surface area contributed by atoms with Crippen LogP contribution in [0.25, 0.3) is 0 Å². The van der Waals surface area contributed by atoms with Gasteiger partial charge in [-0.25, -0.2) is 4.79 Å². The minimum atomic E-state index is -1.34. The van der Waals surface area contributed by atoms with Crippen molar-refractivity contribution in [1.29, 1.82) is 0 Å². The quantitative estimate of drug-likeness (QED) is 0.507. The zero-order valence-corrected chi connectivity index (χ0v) is 16.9. The van der Waals surface area contributed by atoms with E-state index in [1.54, 1.807) is 42.5 Å². The van der Waals surface area contributed by atoms with Crippen molar-refractivity contribution in [3.63, 3.8) is 0 Å². The molecule has 0 bridgehead atoms. The van der Waals surface area contributed by atoms with Gasteiger partial charge in [0.05, 0.1) is 6.10 Å². The summed E-state index contributed by atoms with van der Waals surface area (Å²) in [5, 5.41) is 32.6. The molecule has 2 atom stereocenters. The van der Waals surface area contributed by atoms with E-state index in [1.807, 2.05) is 6.92 Å². The number of ether oxygens (including phenoxy) is 1. The lowest BCUT2D eigenvalue weighted by Crippen LogP contribution is -2.37. The van der Waals surface area contributed by atoms with Gasteiger partial charge in [0.2, 0.25) is 0 Å². The smallest absolute Gasteiger partial charge is 0.347 e. The van der Waals surface area contributed by atoms with E-state index >= 15 is 0 Å². The normalized spacial score (nSPS) is 13.8. The molecule has 0 aromatic heterocycles. The maximum atomic E-state index is 11.2. The first-order chi connectivity index (χ1) is 13.1. The number of hydrogen-bond donors (Lipinski definition) is 4. The van der Waals surface area contributed by atoms with E-state index in [4.69, 9.17) is 21.4 Å². The number of halogens is 1. The number of carboxylic acids is 1. The van der Waals surface area contributed by atoms with Crippen molar-refractivity contribution in [1.82, 2.24) is 5.32 Å². The number of aliphatic hydroxyl groups excluding tert-OH is 1. The molecule has 0 saturated carbocycles. The molecule has 6 nitrogen and oxygen atoms in total. The van der Waals surface area contributed by atoms with Crippen LogP contribution in [-0.4, -0.2) is 39.5 Å². The van der Waals surface area contributed by atoms with E-state index in [-0.39, 0.29) is 11.8 Å². The standard InChI is InChI=1S/C21H26ClNO5/c1-13(19(25)15-4-7-16(24)8-5-15)23-11-10-14-6-9-17(12-18(14)22)28-21(2,3)20(26)27/h4-9,12-13,19,23-25H,10-11H2,1-3H3,(H,26,27)/t13-,19-/m0/s1. The van der Waals surface area contributed by atoms with Crippen molar-refractivity contribution < 1.29 is 24.9 Å². The van der Waals surface area contributed by atoms with Gasteiger partial charge < -0.3 is 25.4 Å². The number of hydrogen-bond acceptors (Lipinski definition) is 5. The summed E-state index contributed by atoms with van der Waals surface area (Å²) in [6, 6.07) is 11.4. The van der Waals surface area contributed by atoms with Gasteiger partial charge in [0.1, 0.15) is 11.5 Å². The lowest BCUT2D eigenvalue weighted by atomic mass is 10.0. The molecule has 0 fully saturated rings. The van der Waals surface area contributed by atoms with Gasteiger partial charge in [-0.05, 0) is 69.1 Å². The Hall–Kier alpha value is -2.28. The fourth-order valence-electron chi connectivity index (χ4n) is 2.64. The van der Waals surface area contributed by atoms with Gasteiger partial charge in [-0.2, -0.15) is 0 Å². The topological polar surface area (TPSA) is 99.0 Å². The molecular formula is C21H26ClNO5. The molecule has 2 aromatic carbocycles. The second-order valence-electron chi connectivity index (χ2n) is 7.20. The zero-order chi connectivity index (χ0) is 20.9. The number of carbonyl (C=O) groups is 1. The Kier molecular flexibility index (Phi) is 7.29. The molecule has 4 N–H and O–H groups in total. The van der Waals surface area contributed by atoms with Crippen molar-refractivity contribution in [3.8, 4) is 11.5 Å². The molecule has 0 radical (unpaired) electrons. The van der Waals surface area contributed by atoms with Gasteiger partial charge in [0, 0.05) is 11.1 Å². The third-order valence-electron chi connectivity index (χ3n) is 4.48. The average molecular weight is 408 g/mol. The lowest BCUT2D eigenvalue weighted by Gasteiger charge is -2.22. The maximum absolute atomic E-state index is 11.2. The van der Waals surface area contributed by atoms with Gasteiger partial charge in [0.25, 0.3) is 0 Å². The predicted molar refractivity (Wildman–Crippen MR) is 108 cm³/mol. The summed E-state index contributed by atoms with van der Waals surface area (Å²) in [4.78, 5) is 11.2. The number of phenolic OH excluding ortho intramolecular Hbond substituents is 1. The number of phenols is 1. The van der Waals surface area contributed by atoms with Crippen LogP contribution in [0.2, 0.25) is 5.02 Å². The Morgan fingerprint density at radius 1 is 1.21 bits per heavy atom. The molecule has 2 rings (SSSR count). The predicted octanol–water partition coefficient (Wildman–Crippen LogP) is 3.54. The summed E-state index contributed by atoms with van der Waals surface area (Å²) >= 11 is 6.30. The monoisotopic (exact) mass is 407 g/mol. The number of rotatable bonds is 9. The van der Waals surface area contributed by atoms with Crippen LogP contribution < -0.4 is 10.1 Å². The minimum absolute atomic E-state index is 0.158. The molecule has 0 spiro atoms. The van der Waals surface area contributed by atoms with Gasteiger partial charge >= 0.3 is 5.97 Å². The molecular weight excluding hydrogens is 382 g/mol. The maximum Gasteiger partial charge on any atom is 0.347 e. The lowest BCUT2D eigenvalue weighted by molar-refractivity contribution is -0.152. The van der Waals surface area contributed by atoms with Gasteiger partial charge in [0.15, 0.2) is 5.60 Å². The van der Waals surface area contributed by atoms with Crippen LogP contribution in [0.1, 0.15) is 38.0 Å². The highest BCUT2D eigenvalue weighted by atomic mass is 35.5. The van der Waals surface area contributed by atoms with Crippen molar-refractivity contribution >= 4 is 17.6 Å². The Morgan fingerprint density at radius 3 is 2.43 bits per heavy atom. The first kappa shape index (κ1) is 22.0. The first-order valence-electron chi connectivity index (χ1n) is 9.01. The SMILES string of the molecule is C[C@H](NCCc1ccc(OC(C)(C)C(=O)O)cc1Cl)[C@H](O)c1ccc(O)cc1. The van der Waals surface area contributed by atoms with Crippen molar-refractivity contribution in [3.05, 3.63) is 58.6 Å². The molecule has 7 heteroatoms. The molecule has 0 saturated heterocycles. The summed E-state index contributed by atoms with van der Waals surface area (Å²) in [6.45, 7) is 5.42. The molecule has 0 aliphatic rings. The molecule has 0 unspecified atom stereocenters. The van der Waals surface area contributed by atoms with E-state index in [9.17, 15) is 15.0 Å². The minimum Gasteiger partial charge on any atom is -0.508 e. The molecule has 0 aliphatic carbocycles. The fourth-order valence-corrected chi connectivity index (χ4v) is 2.90. The third-order valence-corrected chi connectivity index (χ3v) is 4.83. The molecule has 0 heterocycles. The second kappa shape index (κ2) is 9.28. The second-order valence-corrected chi connectivity index (χ2v) is 7.61. The van der Waals surface area contributed by atoms with E-state index in [2.05, 4.69) is 5.32 Å². The van der Waals surface area contributed by atoms with Crippen molar-refractivity contribution in [2.45, 2.75) is 44.9 Å². The number of aliphatic carboxylic acids is 1. The van der Waals surface area contributed by atoms with Gasteiger partial charge in [-0.15, -0.1) is 0 Å². The summed E-state index contributed by atoms with van der Waals surface area (Å²) in [5.41, 5.74) is 0.269. The number of aliphatic hydroxyl groups is 1. The molecule has 0 aliphatic heterocycles. The number of aromatic hydroxyl groups is 1. The van der Waals surface area contributed by atoms with Crippen LogP contribution >= 0.6 is 11.6 Å². The highest BCUT2D eigenvalue weighted by Crippen LogP contribution is 2.26. The van der Waals surface area contributed by atoms with Crippen LogP contribution in [0.15, 0.2) is 42.5 Å². The molecule has 152 valence electrons. The summed E-state index contributed by atoms with van der Waals surface area (Å²) in [7, 11) is 0. The third kappa shape index (κ3) is 5.86. The van der Waals surface area contributed by atoms with E-state index in [0.29, 0.717) is 23.7 Å². The van der Waals surface area contributed by atoms with E-state index in [1.165, 1.54) is 13.8 Å². The Labute approximate surface area is 169 Å². The van der Waals surface area contributed by atoms with E-state index in [0.717, 1.165) is 11.1 Å². The summed E-state index contributed by atoms with van der Waals surface area (Å²) in [6.07, 6.45) is -0.0706. The van der Waals surface area contributed by atoms with E-state index < -0.39 is 17.7 Å². The highest BCUT2D eigenvalue weighted by molar-refractivity contribution is 6.31. The Balaban J connectivity index is 1.90. The van der Waals surface area contributed by atoms with Crippen LogP contribution in [0.4, 0.5) is 0 Å². The van der Waals surface area contributed by atoms with Gasteiger partial charge in [-0.3, -0.25) is 0 Å². The first-order valence-corrected chi connectivity index (χ1v) is 9.39. The van der Waals surface area contributed by atoms with Crippen LogP contribution in [0.3, 0.4) is 0 Å². The van der Waals surface area contributed by atoms with Crippen LogP contribution in [0, 0.1) is 0 Å². The number of nitrogens with one attached hydrogen (secondary N) is 1. The Morgan fingerprint density at radius 2 is 1.86 bits per heavy atom. The molecule has 0 amide bonds. The summed E-state index contributed by atoms with van der Waals surface area (Å²) in [5.74, 6) is -0.506. The summed E-state index contributed by atoms with van der Waals surface area (Å²) < 4.78 is 5.48. The zero-order valence-electron chi connectivity index (χ0n) is 16.1. The number of benzene rings is 2. The Bertz CT molecular complexity index is 807. The van der Waals surface area contributed by atoms with Crippen molar-refractivity contribution in [2.24, 2.45) is 0 Å². The largest absolute Gasteiger partial charge is 0.508 e. The molecule has 28 heavy (non-hydrogen) atoms. The highest BCUT2D eigenvalue weighted by Gasteiger charge is 2.29. The molecule has 2 aromatic rings. The number of carboxylic acid groups (broad SMARTS) is 1. The fraction of sp³-hybridized carbons (Fsp3) is 0.381. The average Bonchev–Trinajstić information content (AvgIpc) is 2.63. The van der Waals surface area contributed by atoms with Crippen molar-refractivity contribution in [2.75, 3.05) is 6.54 Å².